The fraction of sp³-hybridized carbons (Fsp3) is 0.538. The van der Waals surface area contributed by atoms with Crippen LogP contribution in [0.2, 0.25) is 0 Å². The van der Waals surface area contributed by atoms with E-state index in [4.69, 9.17) is 9.88 Å². The van der Waals surface area contributed by atoms with Crippen molar-refractivity contribution < 1.29 is 9.13 Å². The zero-order chi connectivity index (χ0) is 12.8. The van der Waals surface area contributed by atoms with E-state index in [1.807, 2.05) is 13.8 Å². The Morgan fingerprint density at radius 1 is 1.47 bits per heavy atom. The second-order valence-corrected chi connectivity index (χ2v) is 4.58. The summed E-state index contributed by atoms with van der Waals surface area (Å²) in [6.07, 6.45) is 0. The van der Waals surface area contributed by atoms with Crippen LogP contribution >= 0.6 is 11.9 Å². The van der Waals surface area contributed by atoms with Crippen LogP contribution in [-0.2, 0) is 0 Å². The Kier molecular flexibility index (Phi) is 5.78. The van der Waals surface area contributed by atoms with E-state index in [1.165, 1.54) is 18.0 Å². The number of hydrogen-bond acceptors (Lipinski definition) is 3. The summed E-state index contributed by atoms with van der Waals surface area (Å²) in [5.41, 5.74) is 0.951. The van der Waals surface area contributed by atoms with Gasteiger partial charge in [-0.1, -0.05) is 32.7 Å². The van der Waals surface area contributed by atoms with Gasteiger partial charge in [-0.25, -0.2) is 4.39 Å². The highest BCUT2D eigenvalue weighted by molar-refractivity contribution is 7.97. The van der Waals surface area contributed by atoms with Crippen LogP contribution in [0.25, 0.3) is 0 Å². The zero-order valence-corrected chi connectivity index (χ0v) is 11.4. The van der Waals surface area contributed by atoms with Gasteiger partial charge in [-0.15, -0.1) is 0 Å². The standard InChI is InChI=1S/C11H14FNOS.C2H6/c1-7-5-14-11-3-2-8(12)4-9(11)10(7)6-15-13;1-2/h2-4,7,10H,5-6,13H2,1H3;1-2H3. The number of halogens is 1. The summed E-state index contributed by atoms with van der Waals surface area (Å²) < 4.78 is 18.7. The molecule has 2 atom stereocenters. The van der Waals surface area contributed by atoms with Gasteiger partial charge in [0.1, 0.15) is 11.6 Å². The molecule has 0 fully saturated rings. The molecule has 1 aliphatic rings. The summed E-state index contributed by atoms with van der Waals surface area (Å²) in [7, 11) is 0. The van der Waals surface area contributed by atoms with E-state index in [2.05, 4.69) is 6.92 Å². The molecule has 0 aromatic heterocycles. The lowest BCUT2D eigenvalue weighted by Crippen LogP contribution is -2.25. The van der Waals surface area contributed by atoms with Gasteiger partial charge < -0.3 is 4.74 Å². The molecule has 4 heteroatoms. The predicted octanol–water partition coefficient (Wildman–Crippen LogP) is 3.57. The van der Waals surface area contributed by atoms with Crippen LogP contribution in [0.4, 0.5) is 4.39 Å². The van der Waals surface area contributed by atoms with E-state index in [-0.39, 0.29) is 5.82 Å². The third-order valence-corrected chi connectivity index (χ3v) is 3.39. The number of rotatable bonds is 2. The summed E-state index contributed by atoms with van der Waals surface area (Å²) >= 11 is 1.30. The van der Waals surface area contributed by atoms with Gasteiger partial charge in [0.05, 0.1) is 6.61 Å². The third-order valence-electron chi connectivity index (χ3n) is 2.84. The van der Waals surface area contributed by atoms with Crippen molar-refractivity contribution in [1.82, 2.24) is 0 Å². The van der Waals surface area contributed by atoms with Crippen molar-refractivity contribution in [1.29, 1.82) is 0 Å². The number of fused-ring (bicyclic) bond motifs is 1. The van der Waals surface area contributed by atoms with Crippen molar-refractivity contribution >= 4 is 11.9 Å². The fourth-order valence-electron chi connectivity index (χ4n) is 1.94. The average Bonchev–Trinajstić information content (AvgIpc) is 2.36. The van der Waals surface area contributed by atoms with Gasteiger partial charge >= 0.3 is 0 Å². The number of ether oxygens (including phenoxy) is 1. The molecule has 0 bridgehead atoms. The SMILES string of the molecule is CC.CC1COc2ccc(F)cc2C1CSN. The summed E-state index contributed by atoms with van der Waals surface area (Å²) in [5.74, 6) is 2.07. The van der Waals surface area contributed by atoms with Gasteiger partial charge in [0.15, 0.2) is 0 Å². The van der Waals surface area contributed by atoms with Gasteiger partial charge in [0.25, 0.3) is 0 Å². The Morgan fingerprint density at radius 3 is 2.82 bits per heavy atom. The summed E-state index contributed by atoms with van der Waals surface area (Å²) in [6.45, 7) is 6.79. The number of benzene rings is 1. The predicted molar refractivity (Wildman–Crippen MR) is 71.8 cm³/mol. The maximum absolute atomic E-state index is 13.1. The molecule has 0 saturated heterocycles. The number of nitrogens with two attached hydrogens (primary N) is 1. The van der Waals surface area contributed by atoms with E-state index in [0.29, 0.717) is 18.4 Å². The molecular weight excluding hydrogens is 237 g/mol. The largest absolute Gasteiger partial charge is 0.493 e. The quantitative estimate of drug-likeness (QED) is 0.823. The lowest BCUT2D eigenvalue weighted by Gasteiger charge is -2.30. The van der Waals surface area contributed by atoms with Crippen molar-refractivity contribution in [2.45, 2.75) is 26.7 Å². The van der Waals surface area contributed by atoms with Crippen LogP contribution in [0.3, 0.4) is 0 Å². The molecule has 17 heavy (non-hydrogen) atoms. The van der Waals surface area contributed by atoms with Crippen LogP contribution in [0.15, 0.2) is 18.2 Å². The fourth-order valence-corrected chi connectivity index (χ4v) is 2.66. The molecule has 2 N–H and O–H groups in total. The second kappa shape index (κ2) is 6.87. The molecule has 1 aliphatic heterocycles. The first-order chi connectivity index (χ1) is 8.22. The van der Waals surface area contributed by atoms with Gasteiger partial charge in [-0.3, -0.25) is 5.14 Å². The van der Waals surface area contributed by atoms with Crippen LogP contribution < -0.4 is 9.88 Å². The summed E-state index contributed by atoms with van der Waals surface area (Å²) in [5, 5.41) is 5.50. The van der Waals surface area contributed by atoms with Gasteiger partial charge in [0, 0.05) is 17.2 Å². The van der Waals surface area contributed by atoms with Crippen LogP contribution in [0, 0.1) is 11.7 Å². The first kappa shape index (κ1) is 14.3. The second-order valence-electron chi connectivity index (χ2n) is 3.91. The smallest absolute Gasteiger partial charge is 0.123 e. The molecular formula is C13H20FNOS. The van der Waals surface area contributed by atoms with E-state index < -0.39 is 0 Å². The minimum atomic E-state index is -0.210. The van der Waals surface area contributed by atoms with Crippen molar-refractivity contribution in [2.75, 3.05) is 12.4 Å². The molecule has 2 unspecified atom stereocenters. The van der Waals surface area contributed by atoms with E-state index in [1.54, 1.807) is 12.1 Å². The van der Waals surface area contributed by atoms with Crippen LogP contribution in [0.5, 0.6) is 5.75 Å². The highest BCUT2D eigenvalue weighted by Crippen LogP contribution is 2.38. The molecule has 2 rings (SSSR count). The molecule has 0 amide bonds. The molecule has 0 radical (unpaired) electrons. The highest BCUT2D eigenvalue weighted by Gasteiger charge is 2.27. The molecule has 96 valence electrons. The first-order valence-electron chi connectivity index (χ1n) is 5.96. The van der Waals surface area contributed by atoms with Crippen molar-refractivity contribution in [3.05, 3.63) is 29.6 Å². The van der Waals surface area contributed by atoms with Gasteiger partial charge in [-0.05, 0) is 24.1 Å². The minimum Gasteiger partial charge on any atom is -0.493 e. The maximum atomic E-state index is 13.1. The average molecular weight is 257 g/mol. The lowest BCUT2D eigenvalue weighted by molar-refractivity contribution is 0.212. The van der Waals surface area contributed by atoms with Gasteiger partial charge in [0.2, 0.25) is 0 Å². The Balaban J connectivity index is 0.000000686. The lowest BCUT2D eigenvalue weighted by atomic mass is 9.87. The minimum absolute atomic E-state index is 0.210. The molecule has 2 nitrogen and oxygen atoms in total. The maximum Gasteiger partial charge on any atom is 0.123 e. The van der Waals surface area contributed by atoms with Crippen LogP contribution in [-0.4, -0.2) is 12.4 Å². The normalized spacial score (nSPS) is 21.9. The third kappa shape index (κ3) is 3.36. The molecule has 1 aromatic rings. The van der Waals surface area contributed by atoms with E-state index >= 15 is 0 Å². The monoisotopic (exact) mass is 257 g/mol. The molecule has 0 spiro atoms. The Hall–Kier alpha value is -0.740. The molecule has 1 heterocycles. The zero-order valence-electron chi connectivity index (χ0n) is 10.6. The highest BCUT2D eigenvalue weighted by atomic mass is 32.2. The Morgan fingerprint density at radius 2 is 2.18 bits per heavy atom. The van der Waals surface area contributed by atoms with Gasteiger partial charge in [-0.2, -0.15) is 0 Å². The summed E-state index contributed by atoms with van der Waals surface area (Å²) in [6, 6.07) is 4.69. The van der Waals surface area contributed by atoms with E-state index in [9.17, 15) is 4.39 Å². The molecule has 1 aromatic carbocycles. The van der Waals surface area contributed by atoms with Crippen molar-refractivity contribution in [3.8, 4) is 5.75 Å². The van der Waals surface area contributed by atoms with Crippen molar-refractivity contribution in [3.63, 3.8) is 0 Å². The number of hydrogen-bond donors (Lipinski definition) is 1. The summed E-state index contributed by atoms with van der Waals surface area (Å²) in [4.78, 5) is 0. The van der Waals surface area contributed by atoms with Crippen molar-refractivity contribution in [2.24, 2.45) is 11.1 Å². The Labute approximate surface area is 107 Å². The molecule has 0 aliphatic carbocycles. The molecule has 0 saturated carbocycles. The Bertz CT molecular complexity index is 359. The van der Waals surface area contributed by atoms with Crippen LogP contribution in [0.1, 0.15) is 32.3 Å². The van der Waals surface area contributed by atoms with E-state index in [0.717, 1.165) is 17.1 Å². The topological polar surface area (TPSA) is 35.2 Å². The first-order valence-corrected chi connectivity index (χ1v) is 7.01.